The Morgan fingerprint density at radius 3 is 2.71 bits per heavy atom. The molecule has 0 spiro atoms. The Kier molecular flexibility index (Phi) is 5.69. The van der Waals surface area contributed by atoms with Gasteiger partial charge in [-0.15, -0.1) is 0 Å². The van der Waals surface area contributed by atoms with Crippen LogP contribution in [0.15, 0.2) is 23.1 Å². The van der Waals surface area contributed by atoms with Gasteiger partial charge in [0, 0.05) is 32.7 Å². The molecule has 2 rings (SSSR count). The van der Waals surface area contributed by atoms with Crippen LogP contribution in [-0.4, -0.2) is 52.6 Å². The molecule has 1 saturated heterocycles. The summed E-state index contributed by atoms with van der Waals surface area (Å²) in [7, 11) is -3.78. The molecule has 2 N–H and O–H groups in total. The molecule has 1 heterocycles. The third kappa shape index (κ3) is 4.47. The summed E-state index contributed by atoms with van der Waals surface area (Å²) in [5, 5.41) is 3.27. The highest BCUT2D eigenvalue weighted by atomic mass is 32.2. The van der Waals surface area contributed by atoms with E-state index in [0.717, 1.165) is 32.7 Å². The van der Waals surface area contributed by atoms with E-state index < -0.39 is 15.8 Å². The number of rotatable bonds is 6. The van der Waals surface area contributed by atoms with Crippen LogP contribution in [0.3, 0.4) is 0 Å². The molecule has 1 aliphatic rings. The number of hydrogen-bond donors (Lipinski definition) is 2. The lowest BCUT2D eigenvalue weighted by molar-refractivity contribution is 0.239. The van der Waals surface area contributed by atoms with E-state index in [1.165, 1.54) is 12.1 Å². The van der Waals surface area contributed by atoms with Crippen molar-refractivity contribution in [1.82, 2.24) is 14.9 Å². The van der Waals surface area contributed by atoms with E-state index >= 15 is 0 Å². The van der Waals surface area contributed by atoms with E-state index in [9.17, 15) is 12.8 Å². The van der Waals surface area contributed by atoms with Gasteiger partial charge in [-0.1, -0.05) is 12.1 Å². The van der Waals surface area contributed by atoms with Crippen molar-refractivity contribution in [3.8, 4) is 0 Å². The fourth-order valence-corrected chi connectivity index (χ4v) is 3.85. The first kappa shape index (κ1) is 16.4. The van der Waals surface area contributed by atoms with Crippen molar-refractivity contribution in [2.75, 3.05) is 39.3 Å². The lowest BCUT2D eigenvalue weighted by Gasteiger charge is -2.27. The molecule has 1 aliphatic heterocycles. The van der Waals surface area contributed by atoms with Crippen molar-refractivity contribution in [2.24, 2.45) is 0 Å². The van der Waals surface area contributed by atoms with E-state index in [-0.39, 0.29) is 4.90 Å². The summed E-state index contributed by atoms with van der Waals surface area (Å²) in [6.45, 7) is 6.68. The van der Waals surface area contributed by atoms with Crippen molar-refractivity contribution < 1.29 is 12.8 Å². The minimum Gasteiger partial charge on any atom is -0.314 e. The quantitative estimate of drug-likeness (QED) is 0.759. The van der Waals surface area contributed by atoms with Crippen LogP contribution in [-0.2, 0) is 10.0 Å². The predicted octanol–water partition coefficient (Wildman–Crippen LogP) is 0.708. The average Bonchev–Trinajstić information content (AvgIpc) is 2.44. The average molecular weight is 315 g/mol. The molecular formula is C14H22FN3O2S. The zero-order chi connectivity index (χ0) is 15.3. The van der Waals surface area contributed by atoms with Crippen LogP contribution in [0, 0.1) is 12.7 Å². The minimum atomic E-state index is -3.78. The SMILES string of the molecule is Cc1cccc(F)c1S(=O)(=O)NCCCN1CCNCC1. The third-order valence-electron chi connectivity index (χ3n) is 3.59. The number of hydrogen-bond acceptors (Lipinski definition) is 4. The first-order valence-electron chi connectivity index (χ1n) is 7.18. The second-order valence-electron chi connectivity index (χ2n) is 5.23. The molecule has 0 radical (unpaired) electrons. The maximum absolute atomic E-state index is 13.7. The monoisotopic (exact) mass is 315 g/mol. The molecule has 0 amide bonds. The van der Waals surface area contributed by atoms with Crippen LogP contribution in [0.5, 0.6) is 0 Å². The highest BCUT2D eigenvalue weighted by molar-refractivity contribution is 7.89. The van der Waals surface area contributed by atoms with Gasteiger partial charge in [0.2, 0.25) is 10.0 Å². The molecule has 7 heteroatoms. The zero-order valence-corrected chi connectivity index (χ0v) is 13.0. The van der Waals surface area contributed by atoms with Crippen molar-refractivity contribution in [3.05, 3.63) is 29.6 Å². The molecule has 0 atom stereocenters. The summed E-state index contributed by atoms with van der Waals surface area (Å²) in [5.41, 5.74) is 0.421. The molecule has 0 saturated carbocycles. The Balaban J connectivity index is 1.86. The van der Waals surface area contributed by atoms with Gasteiger partial charge >= 0.3 is 0 Å². The van der Waals surface area contributed by atoms with E-state index in [4.69, 9.17) is 0 Å². The Morgan fingerprint density at radius 2 is 2.05 bits per heavy atom. The van der Waals surface area contributed by atoms with Crippen LogP contribution < -0.4 is 10.0 Å². The van der Waals surface area contributed by atoms with Crippen LogP contribution in [0.2, 0.25) is 0 Å². The highest BCUT2D eigenvalue weighted by Crippen LogP contribution is 2.18. The highest BCUT2D eigenvalue weighted by Gasteiger charge is 2.20. The number of aryl methyl sites for hydroxylation is 1. The van der Waals surface area contributed by atoms with E-state index in [2.05, 4.69) is 14.9 Å². The van der Waals surface area contributed by atoms with Gasteiger partial charge in [-0.05, 0) is 31.5 Å². The molecule has 0 aromatic heterocycles. The van der Waals surface area contributed by atoms with Crippen molar-refractivity contribution in [2.45, 2.75) is 18.2 Å². The van der Waals surface area contributed by atoms with Gasteiger partial charge in [0.15, 0.2) is 0 Å². The number of sulfonamides is 1. The number of nitrogens with one attached hydrogen (secondary N) is 2. The van der Waals surface area contributed by atoms with Crippen LogP contribution in [0.4, 0.5) is 4.39 Å². The molecule has 5 nitrogen and oxygen atoms in total. The lowest BCUT2D eigenvalue weighted by atomic mass is 10.2. The number of halogens is 1. The largest absolute Gasteiger partial charge is 0.314 e. The fourth-order valence-electron chi connectivity index (χ4n) is 2.47. The van der Waals surface area contributed by atoms with Gasteiger partial charge in [-0.3, -0.25) is 0 Å². The van der Waals surface area contributed by atoms with E-state index in [0.29, 0.717) is 18.5 Å². The van der Waals surface area contributed by atoms with Crippen molar-refractivity contribution in [1.29, 1.82) is 0 Å². The first-order chi connectivity index (χ1) is 10.0. The fraction of sp³-hybridized carbons (Fsp3) is 0.571. The number of benzene rings is 1. The Bertz CT molecular complexity index is 551. The van der Waals surface area contributed by atoms with Crippen LogP contribution in [0.1, 0.15) is 12.0 Å². The number of piperazine rings is 1. The first-order valence-corrected chi connectivity index (χ1v) is 8.67. The van der Waals surface area contributed by atoms with Crippen molar-refractivity contribution >= 4 is 10.0 Å². The standard InChI is InChI=1S/C14H22FN3O2S/c1-12-4-2-5-13(15)14(12)21(19,20)17-6-3-9-18-10-7-16-8-11-18/h2,4-5,16-17H,3,6-11H2,1H3. The van der Waals surface area contributed by atoms with Crippen molar-refractivity contribution in [3.63, 3.8) is 0 Å². The molecule has 1 aromatic rings. The third-order valence-corrected chi connectivity index (χ3v) is 5.22. The van der Waals surface area contributed by atoms with Gasteiger partial charge in [0.1, 0.15) is 10.7 Å². The molecule has 0 unspecified atom stereocenters. The maximum Gasteiger partial charge on any atom is 0.243 e. The molecule has 1 fully saturated rings. The van der Waals surface area contributed by atoms with Gasteiger partial charge in [-0.25, -0.2) is 17.5 Å². The summed E-state index contributed by atoms with van der Waals surface area (Å²) < 4.78 is 40.5. The molecule has 118 valence electrons. The van der Waals surface area contributed by atoms with Gasteiger partial charge in [0.05, 0.1) is 0 Å². The normalized spacial score (nSPS) is 17.0. The second-order valence-corrected chi connectivity index (χ2v) is 6.93. The molecule has 0 bridgehead atoms. The zero-order valence-electron chi connectivity index (χ0n) is 12.2. The molecule has 0 aliphatic carbocycles. The van der Waals surface area contributed by atoms with E-state index in [1.807, 2.05) is 0 Å². The van der Waals surface area contributed by atoms with Crippen LogP contribution >= 0.6 is 0 Å². The summed E-state index contributed by atoms with van der Waals surface area (Å²) in [4.78, 5) is 2.05. The minimum absolute atomic E-state index is 0.243. The maximum atomic E-state index is 13.7. The van der Waals surface area contributed by atoms with Gasteiger partial charge in [0.25, 0.3) is 0 Å². The molecule has 21 heavy (non-hydrogen) atoms. The smallest absolute Gasteiger partial charge is 0.243 e. The Morgan fingerprint density at radius 1 is 1.33 bits per heavy atom. The van der Waals surface area contributed by atoms with E-state index in [1.54, 1.807) is 13.0 Å². The topological polar surface area (TPSA) is 61.4 Å². The lowest BCUT2D eigenvalue weighted by Crippen LogP contribution is -2.44. The summed E-state index contributed by atoms with van der Waals surface area (Å²) in [6.07, 6.45) is 0.715. The van der Waals surface area contributed by atoms with Gasteiger partial charge < -0.3 is 10.2 Å². The van der Waals surface area contributed by atoms with Crippen LogP contribution in [0.25, 0.3) is 0 Å². The van der Waals surface area contributed by atoms with Gasteiger partial charge in [-0.2, -0.15) is 0 Å². The number of nitrogens with zero attached hydrogens (tertiary/aromatic N) is 1. The second kappa shape index (κ2) is 7.31. The summed E-state index contributed by atoms with van der Waals surface area (Å²) in [6, 6.07) is 4.27. The summed E-state index contributed by atoms with van der Waals surface area (Å²) in [5.74, 6) is -0.704. The predicted molar refractivity (Wildman–Crippen MR) is 80.3 cm³/mol. The molecule has 1 aromatic carbocycles. The summed E-state index contributed by atoms with van der Waals surface area (Å²) >= 11 is 0. The molecular weight excluding hydrogens is 293 g/mol. The Labute approximate surface area is 125 Å². The Hall–Kier alpha value is -1.02.